The molecule has 0 saturated heterocycles. The van der Waals surface area contributed by atoms with Crippen molar-refractivity contribution in [3.05, 3.63) is 83.6 Å². The average Bonchev–Trinajstić information content (AvgIpc) is 3.33. The molecule has 0 aliphatic carbocycles. The number of hydrogen-bond donors (Lipinski definition) is 1. The van der Waals surface area contributed by atoms with Gasteiger partial charge in [-0.25, -0.2) is 9.97 Å². The highest BCUT2D eigenvalue weighted by Crippen LogP contribution is 2.31. The van der Waals surface area contributed by atoms with Crippen LogP contribution < -0.4 is 5.32 Å². The van der Waals surface area contributed by atoms with Crippen molar-refractivity contribution >= 4 is 44.0 Å². The number of terminal acetylenes is 1. The fraction of sp³-hybridized carbons (Fsp3) is 0.0435. The molecule has 0 saturated carbocycles. The molecule has 3 heterocycles. The Bertz CT molecular complexity index is 1330. The van der Waals surface area contributed by atoms with E-state index in [1.165, 1.54) is 27.8 Å². The first-order valence-electron chi connectivity index (χ1n) is 8.91. The number of nitrogens with one attached hydrogen (secondary N) is 1. The van der Waals surface area contributed by atoms with E-state index in [0.29, 0.717) is 0 Å². The van der Waals surface area contributed by atoms with Crippen molar-refractivity contribution in [2.45, 2.75) is 6.54 Å². The van der Waals surface area contributed by atoms with E-state index >= 15 is 0 Å². The molecule has 5 heteroatoms. The second kappa shape index (κ2) is 6.84. The highest BCUT2D eigenvalue weighted by Gasteiger charge is 2.09. The lowest BCUT2D eigenvalue weighted by molar-refractivity contribution is 0.837. The van der Waals surface area contributed by atoms with Crippen LogP contribution in [-0.4, -0.2) is 14.5 Å². The van der Waals surface area contributed by atoms with Crippen LogP contribution in [-0.2, 0) is 6.54 Å². The smallest absolute Gasteiger partial charge is 0.151 e. The van der Waals surface area contributed by atoms with E-state index in [1.807, 2.05) is 12.1 Å². The lowest BCUT2D eigenvalue weighted by Gasteiger charge is -2.08. The maximum absolute atomic E-state index is 5.53. The van der Waals surface area contributed by atoms with Gasteiger partial charge in [-0.1, -0.05) is 36.3 Å². The molecule has 0 spiro atoms. The topological polar surface area (TPSA) is 42.7 Å². The summed E-state index contributed by atoms with van der Waals surface area (Å²) in [4.78, 5) is 9.56. The summed E-state index contributed by atoms with van der Waals surface area (Å²) in [5.41, 5.74) is 4.34. The molecule has 3 aromatic heterocycles. The van der Waals surface area contributed by atoms with Crippen LogP contribution >= 0.6 is 11.3 Å². The Labute approximate surface area is 166 Å². The Morgan fingerprint density at radius 2 is 1.93 bits per heavy atom. The number of hydrogen-bond acceptors (Lipinski definition) is 4. The van der Waals surface area contributed by atoms with E-state index in [0.717, 1.165) is 33.1 Å². The van der Waals surface area contributed by atoms with E-state index < -0.39 is 0 Å². The fourth-order valence-electron chi connectivity index (χ4n) is 3.35. The molecule has 0 amide bonds. The van der Waals surface area contributed by atoms with Gasteiger partial charge in [-0.05, 0) is 35.9 Å². The van der Waals surface area contributed by atoms with Gasteiger partial charge in [0, 0.05) is 29.3 Å². The first-order chi connectivity index (χ1) is 13.8. The third kappa shape index (κ3) is 3.00. The number of aromatic nitrogens is 3. The number of rotatable bonds is 4. The Kier molecular flexibility index (Phi) is 4.04. The predicted molar refractivity (Wildman–Crippen MR) is 116 cm³/mol. The standard InChI is InChI=1S/C23H16N4S/c1-2-19-13-20-22(28-19)23(25-15-24-20)26-18-8-9-21-17(12-18)10-11-27(21)14-16-6-4-3-5-7-16/h1,3-13,15H,14H2,(H,24,25,26). The van der Waals surface area contributed by atoms with Crippen molar-refractivity contribution in [1.82, 2.24) is 14.5 Å². The van der Waals surface area contributed by atoms with Crippen molar-refractivity contribution in [3.63, 3.8) is 0 Å². The van der Waals surface area contributed by atoms with Gasteiger partial charge in [0.05, 0.1) is 15.1 Å². The Hall–Kier alpha value is -3.62. The summed E-state index contributed by atoms with van der Waals surface area (Å²) in [6.07, 6.45) is 9.22. The van der Waals surface area contributed by atoms with Gasteiger partial charge in [-0.2, -0.15) is 0 Å². The molecule has 0 atom stereocenters. The van der Waals surface area contributed by atoms with Gasteiger partial charge in [-0.3, -0.25) is 0 Å². The lowest BCUT2D eigenvalue weighted by atomic mass is 10.2. The number of benzene rings is 2. The third-order valence-electron chi connectivity index (χ3n) is 4.68. The van der Waals surface area contributed by atoms with Crippen molar-refractivity contribution in [2.75, 3.05) is 5.32 Å². The molecule has 5 rings (SSSR count). The van der Waals surface area contributed by atoms with Crippen LogP contribution in [0.1, 0.15) is 10.4 Å². The first-order valence-corrected chi connectivity index (χ1v) is 9.73. The summed E-state index contributed by atoms with van der Waals surface area (Å²) in [7, 11) is 0. The van der Waals surface area contributed by atoms with Crippen LogP contribution in [0.5, 0.6) is 0 Å². The number of anilines is 2. The second-order valence-electron chi connectivity index (χ2n) is 6.52. The van der Waals surface area contributed by atoms with Gasteiger partial charge < -0.3 is 9.88 Å². The first kappa shape index (κ1) is 16.5. The van der Waals surface area contributed by atoms with Gasteiger partial charge >= 0.3 is 0 Å². The normalized spacial score (nSPS) is 11.0. The van der Waals surface area contributed by atoms with Crippen LogP contribution in [0.3, 0.4) is 0 Å². The van der Waals surface area contributed by atoms with Gasteiger partial charge in [0.25, 0.3) is 0 Å². The number of fused-ring (bicyclic) bond motifs is 2. The molecule has 134 valence electrons. The van der Waals surface area contributed by atoms with E-state index in [9.17, 15) is 0 Å². The van der Waals surface area contributed by atoms with Gasteiger partial charge in [0.1, 0.15) is 6.33 Å². The molecule has 5 aromatic rings. The van der Waals surface area contributed by atoms with Crippen LogP contribution in [0.4, 0.5) is 11.5 Å². The molecule has 0 radical (unpaired) electrons. The molecule has 1 N–H and O–H groups in total. The lowest BCUT2D eigenvalue weighted by Crippen LogP contribution is -1.98. The van der Waals surface area contributed by atoms with E-state index in [-0.39, 0.29) is 0 Å². The minimum atomic E-state index is 0.777. The molecule has 0 aliphatic rings. The maximum atomic E-state index is 5.53. The third-order valence-corrected chi connectivity index (χ3v) is 5.75. The summed E-state index contributed by atoms with van der Waals surface area (Å²) in [5.74, 6) is 3.45. The molecule has 2 aromatic carbocycles. The van der Waals surface area contributed by atoms with Gasteiger partial charge in [-0.15, -0.1) is 17.8 Å². The monoisotopic (exact) mass is 380 g/mol. The Morgan fingerprint density at radius 3 is 2.79 bits per heavy atom. The zero-order valence-corrected chi connectivity index (χ0v) is 15.8. The second-order valence-corrected chi connectivity index (χ2v) is 7.57. The zero-order valence-electron chi connectivity index (χ0n) is 15.0. The summed E-state index contributed by atoms with van der Waals surface area (Å²) in [5, 5.41) is 4.60. The summed E-state index contributed by atoms with van der Waals surface area (Å²) in [6, 6.07) is 20.9. The quantitative estimate of drug-likeness (QED) is 0.423. The number of nitrogens with zero attached hydrogens (tertiary/aromatic N) is 3. The summed E-state index contributed by atoms with van der Waals surface area (Å²) in [6.45, 7) is 0.855. The van der Waals surface area contributed by atoms with E-state index in [4.69, 9.17) is 6.42 Å². The molecule has 4 nitrogen and oxygen atoms in total. The van der Waals surface area contributed by atoms with Crippen LogP contribution in [0, 0.1) is 12.3 Å². The molecule has 0 fully saturated rings. The van der Waals surface area contributed by atoms with Crippen molar-refractivity contribution < 1.29 is 0 Å². The average molecular weight is 380 g/mol. The van der Waals surface area contributed by atoms with Crippen LogP contribution in [0.2, 0.25) is 0 Å². The Morgan fingerprint density at radius 1 is 1.04 bits per heavy atom. The summed E-state index contributed by atoms with van der Waals surface area (Å²) >= 11 is 1.52. The Balaban J connectivity index is 1.46. The minimum absolute atomic E-state index is 0.777. The zero-order chi connectivity index (χ0) is 18.9. The SMILES string of the molecule is C#Cc1cc2ncnc(Nc3ccc4c(ccn4Cc4ccccc4)c3)c2s1. The summed E-state index contributed by atoms with van der Waals surface area (Å²) < 4.78 is 3.23. The molecule has 28 heavy (non-hydrogen) atoms. The van der Waals surface area contributed by atoms with Crippen LogP contribution in [0.15, 0.2) is 73.2 Å². The molecule has 0 bridgehead atoms. The van der Waals surface area contributed by atoms with E-state index in [2.05, 4.69) is 80.5 Å². The highest BCUT2D eigenvalue weighted by atomic mass is 32.1. The maximum Gasteiger partial charge on any atom is 0.151 e. The predicted octanol–water partition coefficient (Wildman–Crippen LogP) is 5.42. The van der Waals surface area contributed by atoms with Gasteiger partial charge in [0.15, 0.2) is 5.82 Å². The fourth-order valence-corrected chi connectivity index (χ4v) is 4.21. The van der Waals surface area contributed by atoms with Crippen molar-refractivity contribution in [2.24, 2.45) is 0 Å². The molecule has 0 aliphatic heterocycles. The van der Waals surface area contributed by atoms with Crippen molar-refractivity contribution in [3.8, 4) is 12.3 Å². The number of thiophene rings is 1. The van der Waals surface area contributed by atoms with Crippen LogP contribution in [0.25, 0.3) is 21.1 Å². The minimum Gasteiger partial charge on any atom is -0.343 e. The van der Waals surface area contributed by atoms with Gasteiger partial charge in [0.2, 0.25) is 0 Å². The molecule has 0 unspecified atom stereocenters. The highest BCUT2D eigenvalue weighted by molar-refractivity contribution is 7.20. The van der Waals surface area contributed by atoms with Crippen molar-refractivity contribution in [1.29, 1.82) is 0 Å². The molecular formula is C23H16N4S. The molecular weight excluding hydrogens is 364 g/mol. The largest absolute Gasteiger partial charge is 0.343 e. The van der Waals surface area contributed by atoms with E-state index in [1.54, 1.807) is 6.33 Å².